The standard InChI is InChI=1S/C15H24N2O4/c1-12(2)21-14-6-4-5-13(11-14)17-15(18)7-8-19-9-10-20-16-3/h4-6,13,16H,1,7-11H2,2-3H3,(H,17,18). The molecule has 118 valence electrons. The van der Waals surface area contributed by atoms with Crippen LogP contribution in [0, 0.1) is 0 Å². The first-order valence-corrected chi connectivity index (χ1v) is 6.98. The van der Waals surface area contributed by atoms with Crippen LogP contribution in [0.25, 0.3) is 0 Å². The fraction of sp³-hybridized carbons (Fsp3) is 0.533. The van der Waals surface area contributed by atoms with E-state index in [1.165, 1.54) is 0 Å². The van der Waals surface area contributed by atoms with Gasteiger partial charge >= 0.3 is 0 Å². The predicted molar refractivity (Wildman–Crippen MR) is 80.1 cm³/mol. The summed E-state index contributed by atoms with van der Waals surface area (Å²) >= 11 is 0. The molecule has 0 heterocycles. The summed E-state index contributed by atoms with van der Waals surface area (Å²) in [6.07, 6.45) is 6.64. The van der Waals surface area contributed by atoms with Crippen LogP contribution in [0.4, 0.5) is 0 Å². The maximum atomic E-state index is 11.8. The number of ether oxygens (including phenoxy) is 2. The summed E-state index contributed by atoms with van der Waals surface area (Å²) in [4.78, 5) is 16.7. The van der Waals surface area contributed by atoms with E-state index in [1.807, 2.05) is 18.2 Å². The molecule has 1 aliphatic rings. The summed E-state index contributed by atoms with van der Waals surface area (Å²) in [5, 5.41) is 2.92. The monoisotopic (exact) mass is 296 g/mol. The second kappa shape index (κ2) is 10.1. The van der Waals surface area contributed by atoms with Crippen LogP contribution in [0.3, 0.4) is 0 Å². The lowest BCUT2D eigenvalue weighted by atomic mass is 10.1. The highest BCUT2D eigenvalue weighted by molar-refractivity contribution is 5.76. The topological polar surface area (TPSA) is 68.8 Å². The van der Waals surface area contributed by atoms with Crippen molar-refractivity contribution in [2.75, 3.05) is 26.9 Å². The molecule has 6 nitrogen and oxygen atoms in total. The summed E-state index contributed by atoms with van der Waals surface area (Å²) < 4.78 is 10.7. The number of amides is 1. The van der Waals surface area contributed by atoms with Gasteiger partial charge in [0.15, 0.2) is 0 Å². The van der Waals surface area contributed by atoms with Gasteiger partial charge in [-0.2, -0.15) is 0 Å². The number of carbonyl (C=O) groups is 1. The largest absolute Gasteiger partial charge is 0.467 e. The molecule has 0 aliphatic heterocycles. The molecule has 0 radical (unpaired) electrons. The zero-order valence-electron chi connectivity index (χ0n) is 12.7. The number of rotatable bonds is 10. The molecule has 0 aromatic heterocycles. The Morgan fingerprint density at radius 1 is 1.43 bits per heavy atom. The molecule has 1 rings (SSSR count). The van der Waals surface area contributed by atoms with Crippen LogP contribution < -0.4 is 10.8 Å². The molecule has 0 bridgehead atoms. The normalized spacial score (nSPS) is 17.2. The van der Waals surface area contributed by atoms with E-state index in [2.05, 4.69) is 17.4 Å². The Balaban J connectivity index is 2.16. The lowest BCUT2D eigenvalue weighted by molar-refractivity contribution is -0.122. The Hall–Kier alpha value is -1.63. The van der Waals surface area contributed by atoms with Crippen LogP contribution in [-0.4, -0.2) is 38.8 Å². The van der Waals surface area contributed by atoms with Crippen molar-refractivity contribution in [1.29, 1.82) is 0 Å². The molecular formula is C15H24N2O4. The highest BCUT2D eigenvalue weighted by atomic mass is 16.7. The Labute approximate surface area is 125 Å². The van der Waals surface area contributed by atoms with Crippen molar-refractivity contribution in [3.63, 3.8) is 0 Å². The molecule has 1 aliphatic carbocycles. The van der Waals surface area contributed by atoms with Gasteiger partial charge in [-0.15, -0.1) is 0 Å². The van der Waals surface area contributed by atoms with E-state index < -0.39 is 0 Å². The minimum atomic E-state index is -0.0514. The summed E-state index contributed by atoms with van der Waals surface area (Å²) in [6, 6.07) is -0.0514. The molecule has 0 fully saturated rings. The summed E-state index contributed by atoms with van der Waals surface area (Å²) in [5.74, 6) is 1.39. The van der Waals surface area contributed by atoms with Crippen LogP contribution in [-0.2, 0) is 19.1 Å². The van der Waals surface area contributed by atoms with Crippen LogP contribution >= 0.6 is 0 Å². The molecule has 0 saturated carbocycles. The van der Waals surface area contributed by atoms with E-state index in [0.717, 1.165) is 5.76 Å². The third-order valence-electron chi connectivity index (χ3n) is 2.65. The average Bonchev–Trinajstić information content (AvgIpc) is 2.42. The van der Waals surface area contributed by atoms with Crippen molar-refractivity contribution >= 4 is 5.91 Å². The average molecular weight is 296 g/mol. The molecule has 0 saturated heterocycles. The third kappa shape index (κ3) is 8.29. The number of hydrogen-bond donors (Lipinski definition) is 2. The highest BCUT2D eigenvalue weighted by Gasteiger charge is 2.15. The van der Waals surface area contributed by atoms with Gasteiger partial charge in [-0.05, 0) is 13.0 Å². The Morgan fingerprint density at radius 2 is 2.24 bits per heavy atom. The minimum absolute atomic E-state index is 0.0456. The number of hydroxylamine groups is 1. The first kappa shape index (κ1) is 17.4. The molecule has 0 aromatic carbocycles. The van der Waals surface area contributed by atoms with Crippen molar-refractivity contribution in [3.05, 3.63) is 36.3 Å². The zero-order valence-corrected chi connectivity index (χ0v) is 12.7. The van der Waals surface area contributed by atoms with Gasteiger partial charge in [0.1, 0.15) is 5.76 Å². The summed E-state index contributed by atoms with van der Waals surface area (Å²) in [6.45, 7) is 6.78. The molecule has 0 spiro atoms. The molecular weight excluding hydrogens is 272 g/mol. The first-order valence-electron chi connectivity index (χ1n) is 6.98. The summed E-state index contributed by atoms with van der Waals surface area (Å²) in [7, 11) is 1.69. The van der Waals surface area contributed by atoms with E-state index in [4.69, 9.17) is 14.3 Å². The molecule has 2 N–H and O–H groups in total. The molecule has 21 heavy (non-hydrogen) atoms. The van der Waals surface area contributed by atoms with Gasteiger partial charge in [0.05, 0.1) is 31.6 Å². The van der Waals surface area contributed by atoms with Crippen molar-refractivity contribution in [1.82, 2.24) is 10.8 Å². The van der Waals surface area contributed by atoms with Crippen molar-refractivity contribution in [3.8, 4) is 0 Å². The Bertz CT molecular complexity index is 404. The van der Waals surface area contributed by atoms with Gasteiger partial charge in [-0.1, -0.05) is 18.7 Å². The summed E-state index contributed by atoms with van der Waals surface area (Å²) in [5.41, 5.74) is 2.55. The van der Waals surface area contributed by atoms with Crippen LogP contribution in [0.5, 0.6) is 0 Å². The van der Waals surface area contributed by atoms with E-state index >= 15 is 0 Å². The molecule has 1 atom stereocenters. The SMILES string of the molecule is C=C(C)OC1=CC=CC(NC(=O)CCOCCONC)C1. The fourth-order valence-corrected chi connectivity index (χ4v) is 1.80. The number of allylic oxidation sites excluding steroid dienone is 3. The van der Waals surface area contributed by atoms with Gasteiger partial charge in [0.2, 0.25) is 5.91 Å². The van der Waals surface area contributed by atoms with Gasteiger partial charge in [0.25, 0.3) is 0 Å². The second-order valence-electron chi connectivity index (χ2n) is 4.62. The molecule has 1 amide bonds. The number of hydrogen-bond acceptors (Lipinski definition) is 5. The predicted octanol–water partition coefficient (Wildman–Crippen LogP) is 1.42. The van der Waals surface area contributed by atoms with Crippen molar-refractivity contribution < 1.29 is 19.1 Å². The van der Waals surface area contributed by atoms with E-state index in [0.29, 0.717) is 38.4 Å². The van der Waals surface area contributed by atoms with Crippen molar-refractivity contribution in [2.24, 2.45) is 0 Å². The second-order valence-corrected chi connectivity index (χ2v) is 4.62. The maximum absolute atomic E-state index is 11.8. The lowest BCUT2D eigenvalue weighted by Gasteiger charge is -2.20. The number of nitrogens with one attached hydrogen (secondary N) is 2. The molecule has 0 aromatic rings. The molecule has 1 unspecified atom stereocenters. The van der Waals surface area contributed by atoms with E-state index in [9.17, 15) is 4.79 Å². The molecule has 6 heteroatoms. The fourth-order valence-electron chi connectivity index (χ4n) is 1.80. The van der Waals surface area contributed by atoms with E-state index in [-0.39, 0.29) is 11.9 Å². The Morgan fingerprint density at radius 3 is 2.95 bits per heavy atom. The zero-order chi connectivity index (χ0) is 15.5. The highest BCUT2D eigenvalue weighted by Crippen LogP contribution is 2.16. The van der Waals surface area contributed by atoms with Gasteiger partial charge in [-0.3, -0.25) is 9.63 Å². The first-order chi connectivity index (χ1) is 10.1. The third-order valence-corrected chi connectivity index (χ3v) is 2.65. The van der Waals surface area contributed by atoms with E-state index in [1.54, 1.807) is 14.0 Å². The van der Waals surface area contributed by atoms with Crippen LogP contribution in [0.15, 0.2) is 36.3 Å². The quantitative estimate of drug-likeness (QED) is 0.362. The minimum Gasteiger partial charge on any atom is -0.467 e. The van der Waals surface area contributed by atoms with Crippen LogP contribution in [0.1, 0.15) is 19.8 Å². The van der Waals surface area contributed by atoms with Crippen molar-refractivity contribution in [2.45, 2.75) is 25.8 Å². The maximum Gasteiger partial charge on any atom is 0.222 e. The smallest absolute Gasteiger partial charge is 0.222 e. The van der Waals surface area contributed by atoms with Gasteiger partial charge < -0.3 is 14.8 Å². The van der Waals surface area contributed by atoms with Gasteiger partial charge in [-0.25, -0.2) is 5.48 Å². The van der Waals surface area contributed by atoms with Gasteiger partial charge in [0, 0.05) is 19.9 Å². The van der Waals surface area contributed by atoms with Crippen LogP contribution in [0.2, 0.25) is 0 Å². The lowest BCUT2D eigenvalue weighted by Crippen LogP contribution is -2.35. The Kier molecular flexibility index (Phi) is 8.42. The number of carbonyl (C=O) groups excluding carboxylic acids is 1.